The molecular weight excluding hydrogens is 224 g/mol. The van der Waals surface area contributed by atoms with Crippen LogP contribution in [-0.2, 0) is 11.2 Å². The summed E-state index contributed by atoms with van der Waals surface area (Å²) in [6.45, 7) is 8.29. The Hall–Kier alpha value is -1.57. The number of carbonyl (C=O) groups excluding carboxylic acids is 1. The third kappa shape index (κ3) is 4.02. The minimum atomic E-state index is -0.324. The number of carbonyl (C=O) groups is 1. The Kier molecular flexibility index (Phi) is 5.63. The molecule has 2 heteroatoms. The first kappa shape index (κ1) is 14.5. The van der Waals surface area contributed by atoms with Crippen LogP contribution in [0.25, 0.3) is 0 Å². The van der Waals surface area contributed by atoms with Gasteiger partial charge in [-0.2, -0.15) is 0 Å². The Labute approximate surface area is 110 Å². The molecule has 0 aliphatic heterocycles. The van der Waals surface area contributed by atoms with Crippen molar-refractivity contribution in [2.75, 3.05) is 0 Å². The summed E-state index contributed by atoms with van der Waals surface area (Å²) in [5.41, 5.74) is 2.61. The number of ether oxygens (including phenoxy) is 1. The van der Waals surface area contributed by atoms with Crippen molar-refractivity contribution in [2.45, 2.75) is 46.5 Å². The van der Waals surface area contributed by atoms with E-state index in [1.807, 2.05) is 12.1 Å². The molecule has 0 bridgehead atoms. The van der Waals surface area contributed by atoms with Crippen LogP contribution in [0.3, 0.4) is 0 Å². The Morgan fingerprint density at radius 3 is 2.67 bits per heavy atom. The molecule has 0 spiro atoms. The number of benzene rings is 1. The van der Waals surface area contributed by atoms with Gasteiger partial charge in [-0.3, -0.25) is 0 Å². The van der Waals surface area contributed by atoms with E-state index in [9.17, 15) is 4.79 Å². The van der Waals surface area contributed by atoms with Crippen molar-refractivity contribution in [1.82, 2.24) is 0 Å². The van der Waals surface area contributed by atoms with Crippen LogP contribution in [0.5, 0.6) is 5.75 Å². The average Bonchev–Trinajstić information content (AvgIpc) is 2.31. The van der Waals surface area contributed by atoms with Crippen molar-refractivity contribution in [2.24, 2.45) is 0 Å². The second-order valence-corrected chi connectivity index (χ2v) is 4.69. The van der Waals surface area contributed by atoms with Crippen LogP contribution < -0.4 is 4.74 Å². The lowest BCUT2D eigenvalue weighted by atomic mass is 9.94. The van der Waals surface area contributed by atoms with Gasteiger partial charge in [0.05, 0.1) is 0 Å². The van der Waals surface area contributed by atoms with Crippen LogP contribution in [0.4, 0.5) is 0 Å². The quantitative estimate of drug-likeness (QED) is 0.441. The maximum Gasteiger partial charge on any atom is 0.335 e. The molecule has 1 rings (SSSR count). The highest BCUT2D eigenvalue weighted by Crippen LogP contribution is 2.26. The van der Waals surface area contributed by atoms with Crippen LogP contribution >= 0.6 is 0 Å². The van der Waals surface area contributed by atoms with Gasteiger partial charge in [0, 0.05) is 6.08 Å². The summed E-state index contributed by atoms with van der Waals surface area (Å²) in [7, 11) is 0. The zero-order chi connectivity index (χ0) is 13.5. The summed E-state index contributed by atoms with van der Waals surface area (Å²) in [6, 6.07) is 5.92. The Balaban J connectivity index is 2.96. The SMILES string of the molecule is CC=CC(=O)Oc1ccc(CCC)c(C(C)C)c1. The molecule has 0 aromatic heterocycles. The van der Waals surface area contributed by atoms with Crippen LogP contribution in [0.2, 0.25) is 0 Å². The fraction of sp³-hybridized carbons (Fsp3) is 0.438. The van der Waals surface area contributed by atoms with Crippen LogP contribution in [-0.4, -0.2) is 5.97 Å². The summed E-state index contributed by atoms with van der Waals surface area (Å²) >= 11 is 0. The number of hydrogen-bond acceptors (Lipinski definition) is 2. The van der Waals surface area contributed by atoms with Crippen LogP contribution in [0.1, 0.15) is 51.2 Å². The molecule has 0 fully saturated rings. The molecule has 0 saturated carbocycles. The first-order valence-electron chi connectivity index (χ1n) is 6.55. The molecule has 1 aromatic carbocycles. The van der Waals surface area contributed by atoms with Crippen molar-refractivity contribution in [3.05, 3.63) is 41.5 Å². The van der Waals surface area contributed by atoms with E-state index < -0.39 is 0 Å². The van der Waals surface area contributed by atoms with Crippen molar-refractivity contribution in [3.8, 4) is 5.75 Å². The lowest BCUT2D eigenvalue weighted by Crippen LogP contribution is -2.05. The molecule has 0 N–H and O–H groups in total. The van der Waals surface area contributed by atoms with Gasteiger partial charge in [-0.25, -0.2) is 4.79 Å². The monoisotopic (exact) mass is 246 g/mol. The number of rotatable bonds is 5. The Morgan fingerprint density at radius 2 is 2.11 bits per heavy atom. The minimum Gasteiger partial charge on any atom is -0.423 e. The first-order chi connectivity index (χ1) is 8.58. The van der Waals surface area contributed by atoms with Gasteiger partial charge in [-0.1, -0.05) is 39.3 Å². The van der Waals surface area contributed by atoms with Gasteiger partial charge < -0.3 is 4.74 Å². The summed E-state index contributed by atoms with van der Waals surface area (Å²) < 4.78 is 5.25. The summed E-state index contributed by atoms with van der Waals surface area (Å²) in [5, 5.41) is 0. The van der Waals surface area contributed by atoms with E-state index in [0.29, 0.717) is 11.7 Å². The van der Waals surface area contributed by atoms with Gasteiger partial charge >= 0.3 is 5.97 Å². The maximum absolute atomic E-state index is 11.4. The third-order valence-electron chi connectivity index (χ3n) is 2.78. The zero-order valence-electron chi connectivity index (χ0n) is 11.7. The van der Waals surface area contributed by atoms with Gasteiger partial charge in [0.25, 0.3) is 0 Å². The number of esters is 1. The molecule has 0 atom stereocenters. The van der Waals surface area contributed by atoms with Gasteiger partial charge in [-0.05, 0) is 42.5 Å². The van der Waals surface area contributed by atoms with Crippen molar-refractivity contribution in [1.29, 1.82) is 0 Å². The molecule has 0 unspecified atom stereocenters. The highest BCUT2D eigenvalue weighted by atomic mass is 16.5. The van der Waals surface area contributed by atoms with Crippen LogP contribution in [0, 0.1) is 0 Å². The second-order valence-electron chi connectivity index (χ2n) is 4.69. The molecule has 18 heavy (non-hydrogen) atoms. The fourth-order valence-corrected chi connectivity index (χ4v) is 1.96. The molecule has 1 aromatic rings. The summed E-state index contributed by atoms with van der Waals surface area (Å²) in [4.78, 5) is 11.4. The van der Waals surface area contributed by atoms with Gasteiger partial charge in [0.15, 0.2) is 0 Å². The zero-order valence-corrected chi connectivity index (χ0v) is 11.7. The molecule has 0 aliphatic carbocycles. The molecule has 0 heterocycles. The first-order valence-corrected chi connectivity index (χ1v) is 6.55. The molecular formula is C16H22O2. The lowest BCUT2D eigenvalue weighted by molar-refractivity contribution is -0.129. The molecule has 0 radical (unpaired) electrons. The summed E-state index contributed by atoms with van der Waals surface area (Å²) in [6.07, 6.45) is 5.29. The molecule has 98 valence electrons. The van der Waals surface area contributed by atoms with E-state index in [4.69, 9.17) is 4.74 Å². The Morgan fingerprint density at radius 1 is 1.39 bits per heavy atom. The predicted molar refractivity (Wildman–Crippen MR) is 75.0 cm³/mol. The van der Waals surface area contributed by atoms with Crippen molar-refractivity contribution < 1.29 is 9.53 Å². The van der Waals surface area contributed by atoms with E-state index in [-0.39, 0.29) is 5.97 Å². The molecule has 2 nitrogen and oxygen atoms in total. The third-order valence-corrected chi connectivity index (χ3v) is 2.78. The topological polar surface area (TPSA) is 26.3 Å². The number of allylic oxidation sites excluding steroid dienone is 1. The largest absolute Gasteiger partial charge is 0.423 e. The van der Waals surface area contributed by atoms with E-state index in [2.05, 4.69) is 26.8 Å². The molecule has 0 saturated heterocycles. The number of hydrogen-bond donors (Lipinski definition) is 0. The van der Waals surface area contributed by atoms with Gasteiger partial charge in [-0.15, -0.1) is 0 Å². The van der Waals surface area contributed by atoms with E-state index in [1.165, 1.54) is 17.2 Å². The van der Waals surface area contributed by atoms with Crippen LogP contribution in [0.15, 0.2) is 30.4 Å². The highest BCUT2D eigenvalue weighted by Gasteiger charge is 2.09. The fourth-order valence-electron chi connectivity index (χ4n) is 1.96. The highest BCUT2D eigenvalue weighted by molar-refractivity contribution is 5.83. The Bertz CT molecular complexity index is 431. The van der Waals surface area contributed by atoms with Gasteiger partial charge in [0.2, 0.25) is 0 Å². The summed E-state index contributed by atoms with van der Waals surface area (Å²) in [5.74, 6) is 0.740. The smallest absolute Gasteiger partial charge is 0.335 e. The van der Waals surface area contributed by atoms with E-state index in [1.54, 1.807) is 13.0 Å². The van der Waals surface area contributed by atoms with E-state index in [0.717, 1.165) is 12.8 Å². The van der Waals surface area contributed by atoms with Gasteiger partial charge in [0.1, 0.15) is 5.75 Å². The van der Waals surface area contributed by atoms with E-state index >= 15 is 0 Å². The second kappa shape index (κ2) is 7.00. The molecule has 0 aliphatic rings. The lowest BCUT2D eigenvalue weighted by Gasteiger charge is -2.14. The number of aryl methyl sites for hydroxylation is 1. The molecule has 0 amide bonds. The van der Waals surface area contributed by atoms with Crippen molar-refractivity contribution >= 4 is 5.97 Å². The average molecular weight is 246 g/mol. The van der Waals surface area contributed by atoms with Crippen molar-refractivity contribution in [3.63, 3.8) is 0 Å². The minimum absolute atomic E-state index is 0.324. The maximum atomic E-state index is 11.4. The standard InChI is InChI=1S/C16H22O2/c1-5-7-13-9-10-14(11-15(13)12(3)4)18-16(17)8-6-2/h6,8-12H,5,7H2,1-4H3. The normalized spacial score (nSPS) is 11.2. The predicted octanol–water partition coefficient (Wildman–Crippen LogP) is 4.24.